The van der Waals surface area contributed by atoms with Gasteiger partial charge in [-0.3, -0.25) is 0 Å². The van der Waals surface area contributed by atoms with Crippen LogP contribution in [0.2, 0.25) is 36.3 Å². The van der Waals surface area contributed by atoms with Gasteiger partial charge in [0.2, 0.25) is 0 Å². The summed E-state index contributed by atoms with van der Waals surface area (Å²) in [4.78, 5) is 0. The SMILES string of the molecule is C=C1C(=CC=C2CCC[C@]3(C)[C@@H]([C@H](C)C=CCC4(C5(CCCCCCC)OCCO5)CC4)CC[C@@H]23)C[C@@H](O[Si](C)(C)C(C)(C)C)C[C@@H]1O[Si](C)(C)C(C)(C)C. The standard InChI is InChI=1S/C49H86O4Si2/c1-15-16-17-18-19-30-49(50-33-34-51-49)48(31-32-48)29-20-22-37(2)42-26-27-43-39(23-21-28-47(42,43)10)24-25-40-35-41(52-54(11,12)45(4,5)6)36-44(38(40)3)53-55(13,14)46(7,8)9/h20,22,24-25,37,41-44H,3,15-19,21,23,26-36H2,1-2,4-14H3/t37-,41-,42-,43+,44+,47-/m1/s1. The summed E-state index contributed by atoms with van der Waals surface area (Å²) in [6, 6.07) is 0. The Morgan fingerprint density at radius 3 is 2.13 bits per heavy atom. The van der Waals surface area contributed by atoms with E-state index in [0.29, 0.717) is 17.3 Å². The Balaban J connectivity index is 1.29. The average Bonchev–Trinajstić information content (AvgIpc) is 3.56. The van der Waals surface area contributed by atoms with Gasteiger partial charge in [-0.1, -0.05) is 124 Å². The molecule has 1 heterocycles. The Labute approximate surface area is 342 Å². The molecule has 5 rings (SSSR count). The van der Waals surface area contributed by atoms with Crippen LogP contribution in [-0.2, 0) is 18.3 Å². The fourth-order valence-electron chi connectivity index (χ4n) is 10.6. The van der Waals surface area contributed by atoms with E-state index < -0.39 is 16.6 Å². The van der Waals surface area contributed by atoms with Crippen molar-refractivity contribution in [1.29, 1.82) is 0 Å². The van der Waals surface area contributed by atoms with Crippen molar-refractivity contribution in [2.24, 2.45) is 28.6 Å². The molecule has 0 N–H and O–H groups in total. The molecule has 0 bridgehead atoms. The van der Waals surface area contributed by atoms with Crippen molar-refractivity contribution >= 4 is 16.6 Å². The zero-order chi connectivity index (χ0) is 40.5. The van der Waals surface area contributed by atoms with Gasteiger partial charge in [-0.2, -0.15) is 0 Å². The molecule has 5 fully saturated rings. The quantitative estimate of drug-likeness (QED) is 0.0886. The Hall–Kier alpha value is -0.766. The summed E-state index contributed by atoms with van der Waals surface area (Å²) in [5.74, 6) is 1.63. The largest absolute Gasteiger partial charge is 0.413 e. The third-order valence-corrected chi connectivity index (χ3v) is 25.4. The summed E-state index contributed by atoms with van der Waals surface area (Å²) < 4.78 is 27.3. The minimum absolute atomic E-state index is 0.0245. The van der Waals surface area contributed by atoms with Crippen LogP contribution < -0.4 is 0 Å². The van der Waals surface area contributed by atoms with Crippen molar-refractivity contribution in [3.8, 4) is 0 Å². The van der Waals surface area contributed by atoms with Crippen LogP contribution in [0.25, 0.3) is 0 Å². The van der Waals surface area contributed by atoms with E-state index >= 15 is 0 Å². The second-order valence-electron chi connectivity index (χ2n) is 22.2. The van der Waals surface area contributed by atoms with E-state index in [0.717, 1.165) is 44.8 Å². The van der Waals surface area contributed by atoms with Gasteiger partial charge in [-0.15, -0.1) is 0 Å². The van der Waals surface area contributed by atoms with Gasteiger partial charge in [-0.25, -0.2) is 0 Å². The van der Waals surface area contributed by atoms with Crippen LogP contribution in [-0.4, -0.2) is 47.8 Å². The molecule has 55 heavy (non-hydrogen) atoms. The fourth-order valence-corrected chi connectivity index (χ4v) is 13.2. The van der Waals surface area contributed by atoms with Crippen molar-refractivity contribution in [2.45, 2.75) is 219 Å². The fraction of sp³-hybridized carbons (Fsp3) is 0.837. The molecule has 4 saturated carbocycles. The molecule has 1 saturated heterocycles. The molecular weight excluding hydrogens is 709 g/mol. The highest BCUT2D eigenvalue weighted by atomic mass is 28.4. The lowest BCUT2D eigenvalue weighted by molar-refractivity contribution is -0.211. The lowest BCUT2D eigenvalue weighted by atomic mass is 9.61. The van der Waals surface area contributed by atoms with Crippen molar-refractivity contribution in [2.75, 3.05) is 13.2 Å². The molecule has 0 aromatic heterocycles. The van der Waals surface area contributed by atoms with Crippen LogP contribution in [0.3, 0.4) is 0 Å². The molecule has 5 aliphatic rings. The van der Waals surface area contributed by atoms with Gasteiger partial charge < -0.3 is 18.3 Å². The molecule has 6 heteroatoms. The highest BCUT2D eigenvalue weighted by molar-refractivity contribution is 6.74. The van der Waals surface area contributed by atoms with Gasteiger partial charge >= 0.3 is 0 Å². The van der Waals surface area contributed by atoms with Gasteiger partial charge in [0.15, 0.2) is 22.4 Å². The number of hydrogen-bond acceptors (Lipinski definition) is 4. The predicted octanol–water partition coefficient (Wildman–Crippen LogP) is 14.7. The van der Waals surface area contributed by atoms with E-state index in [9.17, 15) is 0 Å². The second kappa shape index (κ2) is 17.4. The van der Waals surface area contributed by atoms with Crippen molar-refractivity contribution < 1.29 is 18.3 Å². The summed E-state index contributed by atoms with van der Waals surface area (Å²) in [6.07, 6.45) is 29.9. The molecule has 0 unspecified atom stereocenters. The minimum atomic E-state index is -1.99. The molecule has 0 radical (unpaired) electrons. The van der Waals surface area contributed by atoms with Gasteiger partial charge in [0.05, 0.1) is 25.4 Å². The van der Waals surface area contributed by atoms with Crippen molar-refractivity contribution in [3.05, 3.63) is 47.6 Å². The predicted molar refractivity (Wildman–Crippen MR) is 239 cm³/mol. The first-order valence-corrected chi connectivity index (χ1v) is 28.8. The average molecular weight is 795 g/mol. The van der Waals surface area contributed by atoms with E-state index in [2.05, 4.69) is 113 Å². The van der Waals surface area contributed by atoms with Gasteiger partial charge in [-0.05, 0) is 135 Å². The summed E-state index contributed by atoms with van der Waals surface area (Å²) >= 11 is 0. The molecule has 0 amide bonds. The molecule has 314 valence electrons. The summed E-state index contributed by atoms with van der Waals surface area (Å²) in [7, 11) is -3.94. The van der Waals surface area contributed by atoms with Crippen molar-refractivity contribution in [3.63, 3.8) is 0 Å². The van der Waals surface area contributed by atoms with E-state index in [1.807, 2.05) is 0 Å². The Morgan fingerprint density at radius 1 is 0.873 bits per heavy atom. The summed E-state index contributed by atoms with van der Waals surface area (Å²) in [5.41, 5.74) is 4.76. The lowest BCUT2D eigenvalue weighted by Crippen LogP contribution is -2.49. The Bertz CT molecular complexity index is 1400. The number of unbranched alkanes of at least 4 members (excludes halogenated alkanes) is 4. The molecule has 0 aromatic rings. The molecule has 0 spiro atoms. The van der Waals surface area contributed by atoms with Gasteiger partial charge in [0, 0.05) is 18.3 Å². The molecule has 6 atom stereocenters. The molecule has 4 aliphatic carbocycles. The maximum Gasteiger partial charge on any atom is 0.192 e. The van der Waals surface area contributed by atoms with Crippen molar-refractivity contribution in [1.82, 2.24) is 0 Å². The third kappa shape index (κ3) is 10.00. The highest BCUT2D eigenvalue weighted by Crippen LogP contribution is 2.63. The normalized spacial score (nSPS) is 32.1. The Kier molecular flexibility index (Phi) is 14.4. The topological polar surface area (TPSA) is 36.9 Å². The first kappa shape index (κ1) is 45.3. The van der Waals surface area contributed by atoms with Crippen LogP contribution in [0.5, 0.6) is 0 Å². The second-order valence-corrected chi connectivity index (χ2v) is 31.8. The molecule has 4 nitrogen and oxygen atoms in total. The first-order chi connectivity index (χ1) is 25.6. The van der Waals surface area contributed by atoms with Crippen LogP contribution >= 0.6 is 0 Å². The zero-order valence-corrected chi connectivity index (χ0v) is 40.3. The maximum absolute atomic E-state index is 7.15. The lowest BCUT2D eigenvalue weighted by Gasteiger charge is -2.45. The smallest absolute Gasteiger partial charge is 0.192 e. The van der Waals surface area contributed by atoms with Crippen LogP contribution in [0.4, 0.5) is 0 Å². The zero-order valence-electron chi connectivity index (χ0n) is 38.3. The number of ether oxygens (including phenoxy) is 2. The number of rotatable bonds is 16. The highest BCUT2D eigenvalue weighted by Gasteiger charge is 2.62. The van der Waals surface area contributed by atoms with E-state index in [4.69, 9.17) is 24.9 Å². The molecular formula is C49H86O4Si2. The van der Waals surface area contributed by atoms with Gasteiger partial charge in [0.1, 0.15) is 0 Å². The summed E-state index contributed by atoms with van der Waals surface area (Å²) in [6.45, 7) is 37.4. The first-order valence-electron chi connectivity index (χ1n) is 23.0. The Morgan fingerprint density at radius 2 is 1.51 bits per heavy atom. The van der Waals surface area contributed by atoms with Crippen LogP contribution in [0.15, 0.2) is 47.6 Å². The molecule has 1 aliphatic heterocycles. The number of hydrogen-bond donors (Lipinski definition) is 0. The van der Waals surface area contributed by atoms with E-state index in [1.165, 1.54) is 88.2 Å². The maximum atomic E-state index is 7.15. The van der Waals surface area contributed by atoms with Crippen LogP contribution in [0, 0.1) is 28.6 Å². The molecule has 0 aromatic carbocycles. The minimum Gasteiger partial charge on any atom is -0.413 e. The van der Waals surface area contributed by atoms with E-state index in [-0.39, 0.29) is 33.5 Å². The summed E-state index contributed by atoms with van der Waals surface area (Å²) in [5, 5.41) is 0.326. The number of fused-ring (bicyclic) bond motifs is 1. The van der Waals surface area contributed by atoms with E-state index in [1.54, 1.807) is 5.57 Å². The van der Waals surface area contributed by atoms with Gasteiger partial charge in [0.25, 0.3) is 0 Å². The third-order valence-electron chi connectivity index (χ3n) is 16.4. The number of allylic oxidation sites excluding steroid dienone is 5. The van der Waals surface area contributed by atoms with Crippen LogP contribution in [0.1, 0.15) is 165 Å². The monoisotopic (exact) mass is 795 g/mol.